The molecule has 5 rings (SSSR count). The number of benzene rings is 3. The zero-order valence-electron chi connectivity index (χ0n) is 24.5. The minimum atomic E-state index is -0.783. The first-order valence-electron chi connectivity index (χ1n) is 14.0. The zero-order chi connectivity index (χ0) is 29.8. The Morgan fingerprint density at radius 2 is 1.71 bits per heavy atom. The molecule has 1 fully saturated rings. The summed E-state index contributed by atoms with van der Waals surface area (Å²) < 4.78 is 6.01. The minimum Gasteiger partial charge on any atom is -0.457 e. The van der Waals surface area contributed by atoms with Crippen molar-refractivity contribution in [3.8, 4) is 11.5 Å². The van der Waals surface area contributed by atoms with Crippen LogP contribution >= 0.6 is 0 Å². The number of hydrogen-bond acceptors (Lipinski definition) is 8. The smallest absolute Gasteiger partial charge is 0.252 e. The molecule has 1 aliphatic heterocycles. The number of hydrogen-bond donors (Lipinski definition) is 2. The molecular formula is C32H37N7O3. The highest BCUT2D eigenvalue weighted by molar-refractivity contribution is 6.02. The maximum Gasteiger partial charge on any atom is 0.252 e. The van der Waals surface area contributed by atoms with Crippen molar-refractivity contribution in [1.82, 2.24) is 25.1 Å². The van der Waals surface area contributed by atoms with Crippen LogP contribution in [-0.4, -0.2) is 84.9 Å². The van der Waals surface area contributed by atoms with E-state index in [1.54, 1.807) is 26.2 Å². The normalized spacial score (nSPS) is 14.4. The van der Waals surface area contributed by atoms with E-state index in [-0.39, 0.29) is 17.8 Å². The first kappa shape index (κ1) is 28.8. The molecule has 0 spiro atoms. The number of ether oxygens (including phenoxy) is 1. The fourth-order valence-electron chi connectivity index (χ4n) is 5.00. The van der Waals surface area contributed by atoms with Gasteiger partial charge >= 0.3 is 0 Å². The van der Waals surface area contributed by atoms with Crippen LogP contribution < -0.4 is 20.7 Å². The molecule has 2 amide bonds. The van der Waals surface area contributed by atoms with E-state index in [2.05, 4.69) is 32.1 Å². The number of likely N-dealkylation sites (N-methyl/N-ethyl adjacent to an activating group) is 2. The van der Waals surface area contributed by atoms with Crippen LogP contribution in [0.2, 0.25) is 0 Å². The van der Waals surface area contributed by atoms with Gasteiger partial charge < -0.3 is 30.5 Å². The average molecular weight is 568 g/mol. The van der Waals surface area contributed by atoms with Crippen molar-refractivity contribution in [2.24, 2.45) is 0 Å². The number of nitrogens with two attached hydrogens (primary N) is 1. The van der Waals surface area contributed by atoms with Gasteiger partial charge in [-0.05, 0) is 62.0 Å². The van der Waals surface area contributed by atoms with E-state index < -0.39 is 6.04 Å². The van der Waals surface area contributed by atoms with Crippen molar-refractivity contribution in [1.29, 1.82) is 0 Å². The number of fused-ring (bicyclic) bond motifs is 1. The van der Waals surface area contributed by atoms with Crippen LogP contribution in [-0.2, 0) is 11.2 Å². The van der Waals surface area contributed by atoms with Gasteiger partial charge in [0.2, 0.25) is 11.9 Å². The predicted octanol–water partition coefficient (Wildman–Crippen LogP) is 3.49. The quantitative estimate of drug-likeness (QED) is 0.332. The lowest BCUT2D eigenvalue weighted by molar-refractivity contribution is -0.130. The van der Waals surface area contributed by atoms with Gasteiger partial charge in [0.15, 0.2) is 0 Å². The maximum atomic E-state index is 13.5. The number of nitrogen functional groups attached to an aromatic ring is 1. The molecule has 1 aromatic heterocycles. The van der Waals surface area contributed by atoms with E-state index in [0.29, 0.717) is 23.3 Å². The van der Waals surface area contributed by atoms with E-state index in [1.165, 1.54) is 4.90 Å². The number of amides is 2. The topological polar surface area (TPSA) is 117 Å². The van der Waals surface area contributed by atoms with E-state index in [0.717, 1.165) is 54.3 Å². The summed E-state index contributed by atoms with van der Waals surface area (Å²) in [6.45, 7) is 5.53. The molecule has 0 bridgehead atoms. The summed E-state index contributed by atoms with van der Waals surface area (Å²) >= 11 is 0. The van der Waals surface area contributed by atoms with Crippen molar-refractivity contribution in [2.75, 3.05) is 58.0 Å². The predicted molar refractivity (Wildman–Crippen MR) is 165 cm³/mol. The molecule has 10 nitrogen and oxygen atoms in total. The van der Waals surface area contributed by atoms with E-state index in [9.17, 15) is 9.59 Å². The molecular weight excluding hydrogens is 530 g/mol. The second-order valence-electron chi connectivity index (χ2n) is 11.0. The van der Waals surface area contributed by atoms with Crippen LogP contribution in [0.5, 0.6) is 11.5 Å². The Kier molecular flexibility index (Phi) is 8.53. The number of rotatable bonds is 8. The van der Waals surface area contributed by atoms with Gasteiger partial charge in [-0.1, -0.05) is 29.8 Å². The molecule has 2 heterocycles. The highest BCUT2D eigenvalue weighted by Crippen LogP contribution is 2.27. The van der Waals surface area contributed by atoms with Gasteiger partial charge in [0, 0.05) is 57.6 Å². The molecule has 4 aromatic rings. The van der Waals surface area contributed by atoms with Gasteiger partial charge in [-0.15, -0.1) is 0 Å². The minimum absolute atomic E-state index is 0.155. The lowest BCUT2D eigenvalue weighted by Gasteiger charge is -2.33. The molecule has 10 heteroatoms. The molecule has 1 aliphatic rings. The summed E-state index contributed by atoms with van der Waals surface area (Å²) in [5.74, 6) is 1.72. The van der Waals surface area contributed by atoms with Crippen LogP contribution in [0.15, 0.2) is 66.7 Å². The van der Waals surface area contributed by atoms with Crippen LogP contribution in [0.25, 0.3) is 10.9 Å². The van der Waals surface area contributed by atoms with E-state index in [4.69, 9.17) is 10.5 Å². The zero-order valence-corrected chi connectivity index (χ0v) is 24.5. The number of anilines is 2. The highest BCUT2D eigenvalue weighted by Gasteiger charge is 2.25. The van der Waals surface area contributed by atoms with Crippen molar-refractivity contribution >= 4 is 34.5 Å². The number of carbonyl (C=O) groups excluding carboxylic acids is 2. The second-order valence-corrected chi connectivity index (χ2v) is 11.0. The Labute approximate surface area is 246 Å². The fraction of sp³-hybridized carbons (Fsp3) is 0.312. The molecule has 3 N–H and O–H groups in total. The summed E-state index contributed by atoms with van der Waals surface area (Å²) in [6.07, 6.45) is 0.296. The molecule has 0 aliphatic carbocycles. The van der Waals surface area contributed by atoms with Gasteiger partial charge in [0.25, 0.3) is 5.91 Å². The molecule has 0 saturated carbocycles. The molecule has 1 unspecified atom stereocenters. The Morgan fingerprint density at radius 1 is 0.976 bits per heavy atom. The summed E-state index contributed by atoms with van der Waals surface area (Å²) in [7, 11) is 5.45. The Hall–Kier alpha value is -4.70. The summed E-state index contributed by atoms with van der Waals surface area (Å²) in [4.78, 5) is 41.5. The standard InChI is InChI=1S/C32H37N7O3/c1-21-8-11-24(12-9-21)42-25-7-5-6-22(18-25)19-28(31(41)37(2)3)34-30(40)23-10-13-26-27(20-23)35-32(33)36-29(26)39-16-14-38(4)15-17-39/h5-13,18,20,28H,14-17,19H2,1-4H3,(H,34,40)(H2,33,35,36). The lowest BCUT2D eigenvalue weighted by Crippen LogP contribution is -2.47. The third-order valence-corrected chi connectivity index (χ3v) is 7.40. The van der Waals surface area contributed by atoms with Crippen LogP contribution in [0, 0.1) is 6.92 Å². The largest absolute Gasteiger partial charge is 0.457 e. The number of aromatic nitrogens is 2. The summed E-state index contributed by atoms with van der Waals surface area (Å²) in [5, 5.41) is 3.77. The number of piperazine rings is 1. The average Bonchev–Trinajstić information content (AvgIpc) is 2.97. The SMILES string of the molecule is Cc1ccc(Oc2cccc(CC(NC(=O)c3ccc4c(N5CCN(C)CC5)nc(N)nc4c3)C(=O)N(C)C)c2)cc1. The van der Waals surface area contributed by atoms with Crippen molar-refractivity contribution in [3.63, 3.8) is 0 Å². The van der Waals surface area contributed by atoms with Crippen molar-refractivity contribution in [3.05, 3.63) is 83.4 Å². The molecule has 1 atom stereocenters. The summed E-state index contributed by atoms with van der Waals surface area (Å²) in [5.41, 5.74) is 9.05. The van der Waals surface area contributed by atoms with Gasteiger partial charge in [0.05, 0.1) is 5.52 Å². The number of nitrogens with zero attached hydrogens (tertiary/aromatic N) is 5. The Morgan fingerprint density at radius 3 is 2.43 bits per heavy atom. The summed E-state index contributed by atoms with van der Waals surface area (Å²) in [6, 6.07) is 19.9. The number of carbonyl (C=O) groups is 2. The molecule has 3 aromatic carbocycles. The second kappa shape index (κ2) is 12.4. The third kappa shape index (κ3) is 6.77. The van der Waals surface area contributed by atoms with E-state index >= 15 is 0 Å². The molecule has 1 saturated heterocycles. The first-order chi connectivity index (χ1) is 20.2. The van der Waals surface area contributed by atoms with Gasteiger partial charge in [0.1, 0.15) is 23.4 Å². The van der Waals surface area contributed by atoms with Crippen molar-refractivity contribution in [2.45, 2.75) is 19.4 Å². The molecule has 42 heavy (non-hydrogen) atoms. The number of nitrogens with one attached hydrogen (secondary N) is 1. The fourth-order valence-corrected chi connectivity index (χ4v) is 5.00. The third-order valence-electron chi connectivity index (χ3n) is 7.40. The van der Waals surface area contributed by atoms with Gasteiger partial charge in [-0.3, -0.25) is 9.59 Å². The Bertz CT molecular complexity index is 1580. The molecule has 0 radical (unpaired) electrons. The van der Waals surface area contributed by atoms with Crippen LogP contribution in [0.3, 0.4) is 0 Å². The monoisotopic (exact) mass is 567 g/mol. The van der Waals surface area contributed by atoms with Gasteiger partial charge in [-0.2, -0.15) is 4.98 Å². The Balaban J connectivity index is 1.35. The molecule has 218 valence electrons. The lowest BCUT2D eigenvalue weighted by atomic mass is 10.0. The maximum absolute atomic E-state index is 13.5. The van der Waals surface area contributed by atoms with Crippen LogP contribution in [0.4, 0.5) is 11.8 Å². The van der Waals surface area contributed by atoms with Crippen molar-refractivity contribution < 1.29 is 14.3 Å². The first-order valence-corrected chi connectivity index (χ1v) is 14.0. The van der Waals surface area contributed by atoms with Gasteiger partial charge in [-0.25, -0.2) is 4.98 Å². The highest BCUT2D eigenvalue weighted by atomic mass is 16.5. The van der Waals surface area contributed by atoms with E-state index in [1.807, 2.05) is 61.5 Å². The van der Waals surface area contributed by atoms with Crippen LogP contribution in [0.1, 0.15) is 21.5 Å². The number of aryl methyl sites for hydroxylation is 1.